The number of nitrogens with one attached hydrogen (secondary N) is 2. The topological polar surface area (TPSA) is 36.4 Å². The van der Waals surface area contributed by atoms with E-state index in [-0.39, 0.29) is 16.3 Å². The molecule has 0 bridgehead atoms. The van der Waals surface area contributed by atoms with E-state index in [2.05, 4.69) is 15.6 Å². The Morgan fingerprint density at radius 3 is 2.81 bits per heavy atom. The Hall–Kier alpha value is -1.29. The van der Waals surface area contributed by atoms with Crippen molar-refractivity contribution in [3.63, 3.8) is 0 Å². The third-order valence-corrected chi connectivity index (χ3v) is 4.87. The fourth-order valence-corrected chi connectivity index (χ4v) is 3.58. The largest absolute Gasteiger partial charge is 0.356 e. The molecule has 1 fully saturated rings. The van der Waals surface area contributed by atoms with Crippen LogP contribution in [0.5, 0.6) is 0 Å². The van der Waals surface area contributed by atoms with E-state index in [9.17, 15) is 4.39 Å². The molecule has 1 aromatic rings. The van der Waals surface area contributed by atoms with Crippen molar-refractivity contribution in [2.45, 2.75) is 37.5 Å². The maximum absolute atomic E-state index is 14.5. The number of hydrogen-bond acceptors (Lipinski definition) is 3. The number of benzene rings is 1. The molecule has 1 saturated carbocycles. The van der Waals surface area contributed by atoms with E-state index in [4.69, 9.17) is 11.6 Å². The van der Waals surface area contributed by atoms with Crippen molar-refractivity contribution in [3.8, 4) is 0 Å². The van der Waals surface area contributed by atoms with Gasteiger partial charge < -0.3 is 10.6 Å². The first kappa shape index (κ1) is 14.6. The number of nitrogens with zero attached hydrogens (tertiary/aromatic N) is 1. The van der Waals surface area contributed by atoms with Crippen molar-refractivity contribution in [2.75, 3.05) is 19.6 Å². The lowest BCUT2D eigenvalue weighted by Gasteiger charge is -2.31. The fourth-order valence-electron chi connectivity index (χ4n) is 3.41. The summed E-state index contributed by atoms with van der Waals surface area (Å²) in [5, 5.41) is 6.85. The van der Waals surface area contributed by atoms with Crippen LogP contribution >= 0.6 is 11.6 Å². The third-order valence-electron chi connectivity index (χ3n) is 4.58. The minimum absolute atomic E-state index is 0.170. The quantitative estimate of drug-likeness (QED) is 0.899. The predicted molar refractivity (Wildman–Crippen MR) is 84.5 cm³/mol. The number of guanidine groups is 1. The smallest absolute Gasteiger partial charge is 0.191 e. The number of halogens is 2. The molecule has 114 valence electrons. The van der Waals surface area contributed by atoms with Gasteiger partial charge in [0, 0.05) is 25.0 Å². The second kappa shape index (κ2) is 6.22. The Bertz CT molecular complexity index is 538. The summed E-state index contributed by atoms with van der Waals surface area (Å²) in [6.07, 6.45) is 5.31. The van der Waals surface area contributed by atoms with Gasteiger partial charge in [-0.3, -0.25) is 4.99 Å². The molecule has 2 aliphatic rings. The van der Waals surface area contributed by atoms with Gasteiger partial charge in [-0.2, -0.15) is 0 Å². The molecule has 21 heavy (non-hydrogen) atoms. The SMILES string of the molecule is Fc1c(Cl)cccc1C1(CNC2=NCCCN2)CCCC1. The molecule has 0 unspecified atom stereocenters. The van der Waals surface area contributed by atoms with Crippen molar-refractivity contribution in [2.24, 2.45) is 4.99 Å². The van der Waals surface area contributed by atoms with Gasteiger partial charge >= 0.3 is 0 Å². The minimum atomic E-state index is -0.263. The van der Waals surface area contributed by atoms with Gasteiger partial charge in [-0.25, -0.2) is 4.39 Å². The highest BCUT2D eigenvalue weighted by atomic mass is 35.5. The molecule has 1 heterocycles. The van der Waals surface area contributed by atoms with Crippen molar-refractivity contribution in [1.82, 2.24) is 10.6 Å². The molecule has 1 aliphatic heterocycles. The van der Waals surface area contributed by atoms with Crippen LogP contribution in [0, 0.1) is 5.82 Å². The summed E-state index contributed by atoms with van der Waals surface area (Å²) in [5.41, 5.74) is 0.577. The van der Waals surface area contributed by atoms with Gasteiger partial charge in [-0.15, -0.1) is 0 Å². The molecule has 2 N–H and O–H groups in total. The molecule has 1 aliphatic carbocycles. The van der Waals surface area contributed by atoms with Crippen molar-refractivity contribution >= 4 is 17.6 Å². The van der Waals surface area contributed by atoms with E-state index in [0.29, 0.717) is 6.54 Å². The minimum Gasteiger partial charge on any atom is -0.356 e. The Balaban J connectivity index is 1.82. The Kier molecular flexibility index (Phi) is 4.34. The number of rotatable bonds is 3. The summed E-state index contributed by atoms with van der Waals surface area (Å²) in [6, 6.07) is 5.34. The summed E-state index contributed by atoms with van der Waals surface area (Å²) in [5.74, 6) is 0.580. The standard InChI is InChI=1S/C16H21ClFN3/c17-13-6-3-5-12(14(13)18)16(7-1-2-8-16)11-21-15-19-9-4-10-20-15/h3,5-6H,1-2,4,7-11H2,(H2,19,20,21). The Morgan fingerprint density at radius 1 is 1.29 bits per heavy atom. The lowest BCUT2D eigenvalue weighted by atomic mass is 9.78. The first-order chi connectivity index (χ1) is 10.2. The lowest BCUT2D eigenvalue weighted by Crippen LogP contribution is -2.46. The molecule has 0 amide bonds. The van der Waals surface area contributed by atoms with E-state index in [1.807, 2.05) is 12.1 Å². The van der Waals surface area contributed by atoms with Gasteiger partial charge in [0.1, 0.15) is 5.82 Å². The highest BCUT2D eigenvalue weighted by Gasteiger charge is 2.38. The monoisotopic (exact) mass is 309 g/mol. The maximum Gasteiger partial charge on any atom is 0.191 e. The molecule has 0 spiro atoms. The molecular weight excluding hydrogens is 289 g/mol. The molecule has 5 heteroatoms. The van der Waals surface area contributed by atoms with Gasteiger partial charge in [-0.05, 0) is 30.9 Å². The van der Waals surface area contributed by atoms with Crippen molar-refractivity contribution in [1.29, 1.82) is 0 Å². The zero-order valence-electron chi connectivity index (χ0n) is 12.1. The van der Waals surface area contributed by atoms with Crippen LogP contribution in [0.4, 0.5) is 4.39 Å². The molecule has 3 rings (SSSR count). The van der Waals surface area contributed by atoms with E-state index in [0.717, 1.165) is 56.7 Å². The molecule has 0 atom stereocenters. The second-order valence-corrected chi connectivity index (χ2v) is 6.36. The zero-order chi connectivity index (χ0) is 14.7. The van der Waals surface area contributed by atoms with Crippen LogP contribution in [-0.2, 0) is 5.41 Å². The number of hydrogen-bond donors (Lipinski definition) is 2. The molecule has 0 radical (unpaired) electrons. The maximum atomic E-state index is 14.5. The van der Waals surface area contributed by atoms with Crippen molar-refractivity contribution in [3.05, 3.63) is 34.6 Å². The second-order valence-electron chi connectivity index (χ2n) is 5.95. The summed E-state index contributed by atoms with van der Waals surface area (Å²) >= 11 is 5.97. The molecular formula is C16H21ClFN3. The van der Waals surface area contributed by atoms with Crippen LogP contribution in [0.2, 0.25) is 5.02 Å². The van der Waals surface area contributed by atoms with Crippen LogP contribution in [0.1, 0.15) is 37.7 Å². The molecule has 0 saturated heterocycles. The van der Waals surface area contributed by atoms with Gasteiger partial charge in [-0.1, -0.05) is 36.6 Å². The number of aliphatic imine (C=N–C) groups is 1. The third kappa shape index (κ3) is 3.00. The van der Waals surface area contributed by atoms with Gasteiger partial charge in [0.25, 0.3) is 0 Å². The average molecular weight is 310 g/mol. The van der Waals surface area contributed by atoms with E-state index < -0.39 is 0 Å². The molecule has 3 nitrogen and oxygen atoms in total. The summed E-state index contributed by atoms with van der Waals surface area (Å²) in [7, 11) is 0. The van der Waals surface area contributed by atoms with Crippen LogP contribution in [0.3, 0.4) is 0 Å². The Morgan fingerprint density at radius 2 is 2.10 bits per heavy atom. The summed E-state index contributed by atoms with van der Waals surface area (Å²) in [6.45, 7) is 2.51. The first-order valence-corrected chi connectivity index (χ1v) is 8.06. The summed E-state index contributed by atoms with van der Waals surface area (Å²) < 4.78 is 14.5. The Labute approximate surface area is 130 Å². The fraction of sp³-hybridized carbons (Fsp3) is 0.562. The van der Waals surface area contributed by atoms with Crippen LogP contribution in [0.25, 0.3) is 0 Å². The van der Waals surface area contributed by atoms with Crippen LogP contribution < -0.4 is 10.6 Å². The van der Waals surface area contributed by atoms with E-state index in [1.165, 1.54) is 0 Å². The van der Waals surface area contributed by atoms with Gasteiger partial charge in [0.05, 0.1) is 5.02 Å². The van der Waals surface area contributed by atoms with E-state index >= 15 is 0 Å². The van der Waals surface area contributed by atoms with Crippen LogP contribution in [0.15, 0.2) is 23.2 Å². The van der Waals surface area contributed by atoms with E-state index in [1.54, 1.807) is 6.07 Å². The highest BCUT2D eigenvalue weighted by Crippen LogP contribution is 2.42. The molecule has 1 aromatic carbocycles. The van der Waals surface area contributed by atoms with Gasteiger partial charge in [0.15, 0.2) is 5.96 Å². The highest BCUT2D eigenvalue weighted by molar-refractivity contribution is 6.30. The van der Waals surface area contributed by atoms with Gasteiger partial charge in [0.2, 0.25) is 0 Å². The normalized spacial score (nSPS) is 20.8. The predicted octanol–water partition coefficient (Wildman–Crippen LogP) is 3.23. The summed E-state index contributed by atoms with van der Waals surface area (Å²) in [4.78, 5) is 4.43. The zero-order valence-corrected chi connectivity index (χ0v) is 12.8. The first-order valence-electron chi connectivity index (χ1n) is 7.68. The van der Waals surface area contributed by atoms with Crippen molar-refractivity contribution < 1.29 is 4.39 Å². The lowest BCUT2D eigenvalue weighted by molar-refractivity contribution is 0.409. The molecule has 0 aromatic heterocycles. The van der Waals surface area contributed by atoms with Crippen LogP contribution in [-0.4, -0.2) is 25.6 Å². The average Bonchev–Trinajstić information content (AvgIpc) is 2.99.